The summed E-state index contributed by atoms with van der Waals surface area (Å²) < 4.78 is 10.7. The van der Waals surface area contributed by atoms with Crippen molar-refractivity contribution in [2.75, 3.05) is 13.2 Å². The van der Waals surface area contributed by atoms with Gasteiger partial charge in [0.1, 0.15) is 0 Å². The van der Waals surface area contributed by atoms with E-state index in [2.05, 4.69) is 15.9 Å². The molecular weight excluding hydrogens is 312 g/mol. The molecule has 0 aliphatic carbocycles. The number of hydrogen-bond acceptors (Lipinski definition) is 4. The largest absolute Gasteiger partial charge is 0.466 e. The molecule has 0 radical (unpaired) electrons. The van der Waals surface area contributed by atoms with E-state index in [1.807, 2.05) is 6.07 Å². The maximum atomic E-state index is 11.8. The number of esters is 2. The van der Waals surface area contributed by atoms with Crippen LogP contribution in [0.3, 0.4) is 0 Å². The van der Waals surface area contributed by atoms with E-state index < -0.39 is 0 Å². The van der Waals surface area contributed by atoms with Crippen molar-refractivity contribution in [3.63, 3.8) is 0 Å². The lowest BCUT2D eigenvalue weighted by Crippen LogP contribution is -2.10. The normalized spacial score (nSPS) is 10.1. The van der Waals surface area contributed by atoms with Gasteiger partial charge >= 0.3 is 11.9 Å². The summed E-state index contributed by atoms with van der Waals surface area (Å²) in [6, 6.07) is 5.30. The number of aryl methyl sites for hydroxylation is 1. The molecule has 0 bridgehead atoms. The predicted molar refractivity (Wildman–Crippen MR) is 75.1 cm³/mol. The maximum Gasteiger partial charge on any atom is 0.338 e. The van der Waals surface area contributed by atoms with Gasteiger partial charge in [0.25, 0.3) is 0 Å². The Kier molecular flexibility index (Phi) is 6.56. The average molecular weight is 329 g/mol. The molecule has 5 heteroatoms. The van der Waals surface area contributed by atoms with Crippen molar-refractivity contribution in [2.45, 2.75) is 26.7 Å². The van der Waals surface area contributed by atoms with Crippen molar-refractivity contribution < 1.29 is 19.1 Å². The minimum atomic E-state index is -0.367. The van der Waals surface area contributed by atoms with Gasteiger partial charge in [0.15, 0.2) is 0 Å². The van der Waals surface area contributed by atoms with E-state index in [1.54, 1.807) is 26.0 Å². The van der Waals surface area contributed by atoms with Gasteiger partial charge in [-0.2, -0.15) is 0 Å². The predicted octanol–water partition coefficient (Wildman–Crippen LogP) is 3.12. The summed E-state index contributed by atoms with van der Waals surface area (Å²) in [5, 5.41) is 0. The molecule has 0 spiro atoms. The van der Waals surface area contributed by atoms with Crippen LogP contribution in [-0.2, 0) is 20.7 Å². The second kappa shape index (κ2) is 7.94. The Bertz CT molecular complexity index is 457. The summed E-state index contributed by atoms with van der Waals surface area (Å²) in [5.74, 6) is -0.633. The second-order valence-electron chi connectivity index (χ2n) is 3.83. The summed E-state index contributed by atoms with van der Waals surface area (Å²) in [6.07, 6.45) is 0.698. The van der Waals surface area contributed by atoms with Crippen LogP contribution in [0.5, 0.6) is 0 Å². The summed E-state index contributed by atoms with van der Waals surface area (Å²) in [4.78, 5) is 23.2. The first-order chi connectivity index (χ1) is 9.08. The molecule has 0 aromatic heterocycles. The molecule has 0 unspecified atom stereocenters. The van der Waals surface area contributed by atoms with E-state index in [4.69, 9.17) is 9.47 Å². The van der Waals surface area contributed by atoms with Gasteiger partial charge in [0.2, 0.25) is 0 Å². The molecule has 0 atom stereocenters. The first-order valence-electron chi connectivity index (χ1n) is 6.19. The third kappa shape index (κ3) is 5.03. The van der Waals surface area contributed by atoms with Crippen molar-refractivity contribution in [2.24, 2.45) is 0 Å². The number of ether oxygens (including phenoxy) is 2. The van der Waals surface area contributed by atoms with Crippen LogP contribution in [0.15, 0.2) is 22.7 Å². The van der Waals surface area contributed by atoms with Crippen LogP contribution in [-0.4, -0.2) is 25.2 Å². The van der Waals surface area contributed by atoms with Crippen molar-refractivity contribution in [3.8, 4) is 0 Å². The Labute approximate surface area is 121 Å². The van der Waals surface area contributed by atoms with Crippen LogP contribution in [0.4, 0.5) is 0 Å². The van der Waals surface area contributed by atoms with E-state index in [0.29, 0.717) is 25.2 Å². The van der Waals surface area contributed by atoms with Crippen LogP contribution in [0.1, 0.15) is 36.2 Å². The van der Waals surface area contributed by atoms with Gasteiger partial charge in [-0.05, 0) is 44.0 Å². The summed E-state index contributed by atoms with van der Waals surface area (Å²) in [7, 11) is 0. The van der Waals surface area contributed by atoms with E-state index in [9.17, 15) is 9.59 Å². The molecule has 0 N–H and O–H groups in total. The van der Waals surface area contributed by atoms with E-state index >= 15 is 0 Å². The van der Waals surface area contributed by atoms with E-state index in [0.717, 1.165) is 10.0 Å². The molecule has 1 aromatic rings. The zero-order valence-corrected chi connectivity index (χ0v) is 12.7. The van der Waals surface area contributed by atoms with Crippen molar-refractivity contribution in [1.29, 1.82) is 0 Å². The standard InChI is InChI=1S/C14H17BrO4/c1-3-18-13(16)8-5-10-9-11(15)6-7-12(10)14(17)19-4-2/h6-7,9H,3-5,8H2,1-2H3. The fourth-order valence-corrected chi connectivity index (χ4v) is 2.06. The van der Waals surface area contributed by atoms with Gasteiger partial charge in [-0.15, -0.1) is 0 Å². The average Bonchev–Trinajstić information content (AvgIpc) is 2.37. The Balaban J connectivity index is 2.82. The number of halogens is 1. The molecule has 1 aromatic carbocycles. The van der Waals surface area contributed by atoms with Gasteiger partial charge < -0.3 is 9.47 Å². The lowest BCUT2D eigenvalue weighted by molar-refractivity contribution is -0.143. The fourth-order valence-electron chi connectivity index (χ4n) is 1.65. The monoisotopic (exact) mass is 328 g/mol. The minimum Gasteiger partial charge on any atom is -0.466 e. The molecule has 4 nitrogen and oxygen atoms in total. The van der Waals surface area contributed by atoms with Crippen molar-refractivity contribution in [1.82, 2.24) is 0 Å². The van der Waals surface area contributed by atoms with E-state index in [-0.39, 0.29) is 18.4 Å². The zero-order valence-electron chi connectivity index (χ0n) is 11.1. The highest BCUT2D eigenvalue weighted by Crippen LogP contribution is 2.19. The van der Waals surface area contributed by atoms with Crippen LogP contribution < -0.4 is 0 Å². The molecule has 19 heavy (non-hydrogen) atoms. The fraction of sp³-hybridized carbons (Fsp3) is 0.429. The molecule has 0 saturated heterocycles. The smallest absolute Gasteiger partial charge is 0.338 e. The van der Waals surface area contributed by atoms with Crippen LogP contribution in [0, 0.1) is 0 Å². The maximum absolute atomic E-state index is 11.8. The lowest BCUT2D eigenvalue weighted by atomic mass is 10.0. The highest BCUT2D eigenvalue weighted by Gasteiger charge is 2.14. The number of carbonyl (C=O) groups excluding carboxylic acids is 2. The van der Waals surface area contributed by atoms with Crippen LogP contribution in [0.25, 0.3) is 0 Å². The second-order valence-corrected chi connectivity index (χ2v) is 4.74. The lowest BCUT2D eigenvalue weighted by Gasteiger charge is -2.09. The molecule has 0 fully saturated rings. The summed E-state index contributed by atoms with van der Waals surface area (Å²) in [5.41, 5.74) is 1.27. The molecule has 0 heterocycles. The molecule has 0 aliphatic rings. The van der Waals surface area contributed by atoms with Gasteiger partial charge in [-0.3, -0.25) is 4.79 Å². The highest BCUT2D eigenvalue weighted by atomic mass is 79.9. The quantitative estimate of drug-likeness (QED) is 0.753. The SMILES string of the molecule is CCOC(=O)CCc1cc(Br)ccc1C(=O)OCC. The van der Waals surface area contributed by atoms with E-state index in [1.165, 1.54) is 0 Å². The van der Waals surface area contributed by atoms with Crippen LogP contribution >= 0.6 is 15.9 Å². The van der Waals surface area contributed by atoms with Crippen molar-refractivity contribution in [3.05, 3.63) is 33.8 Å². The Morgan fingerprint density at radius 1 is 1.16 bits per heavy atom. The molecule has 1 rings (SSSR count). The number of hydrogen-bond donors (Lipinski definition) is 0. The zero-order chi connectivity index (χ0) is 14.3. The first-order valence-corrected chi connectivity index (χ1v) is 6.99. The van der Waals surface area contributed by atoms with Gasteiger partial charge in [0.05, 0.1) is 18.8 Å². The molecule has 0 aliphatic heterocycles. The number of rotatable bonds is 6. The Hall–Kier alpha value is -1.36. The minimum absolute atomic E-state index is 0.247. The van der Waals surface area contributed by atoms with Gasteiger partial charge in [0, 0.05) is 10.9 Å². The molecule has 0 saturated carbocycles. The topological polar surface area (TPSA) is 52.6 Å². The number of carbonyl (C=O) groups is 2. The summed E-state index contributed by atoms with van der Waals surface area (Å²) >= 11 is 3.35. The third-order valence-corrected chi connectivity index (χ3v) is 2.96. The first kappa shape index (κ1) is 15.7. The number of benzene rings is 1. The van der Waals surface area contributed by atoms with Crippen molar-refractivity contribution >= 4 is 27.9 Å². The molecular formula is C14H17BrO4. The summed E-state index contributed by atoms with van der Waals surface area (Å²) in [6.45, 7) is 4.21. The third-order valence-electron chi connectivity index (χ3n) is 2.47. The molecule has 0 amide bonds. The van der Waals surface area contributed by atoms with Gasteiger partial charge in [-0.1, -0.05) is 15.9 Å². The Morgan fingerprint density at radius 3 is 2.47 bits per heavy atom. The molecule has 104 valence electrons. The van der Waals surface area contributed by atoms with Gasteiger partial charge in [-0.25, -0.2) is 4.79 Å². The highest BCUT2D eigenvalue weighted by molar-refractivity contribution is 9.10. The Morgan fingerprint density at radius 2 is 1.84 bits per heavy atom. The van der Waals surface area contributed by atoms with Crippen LogP contribution in [0.2, 0.25) is 0 Å².